The first kappa shape index (κ1) is 17.9. The lowest BCUT2D eigenvalue weighted by Crippen LogP contribution is -2.05. The van der Waals surface area contributed by atoms with Crippen molar-refractivity contribution < 1.29 is 9.53 Å². The van der Waals surface area contributed by atoms with Crippen LogP contribution in [0.5, 0.6) is 5.75 Å². The molecule has 0 amide bonds. The lowest BCUT2D eigenvalue weighted by molar-refractivity contribution is 0.102. The van der Waals surface area contributed by atoms with Gasteiger partial charge in [-0.15, -0.1) is 16.8 Å². The molecule has 0 fully saturated rings. The minimum absolute atomic E-state index is 0.0580. The summed E-state index contributed by atoms with van der Waals surface area (Å²) in [6, 6.07) is 16.9. The Labute approximate surface area is 156 Å². The molecule has 1 heterocycles. The highest BCUT2D eigenvalue weighted by molar-refractivity contribution is 7.99. The van der Waals surface area contributed by atoms with Crippen LogP contribution in [0.1, 0.15) is 10.4 Å². The molecule has 3 aromatic rings. The molecule has 0 atom stereocenters. The molecule has 0 aliphatic carbocycles. The Hall–Kier alpha value is -2.86. The number of hydrogen-bond acceptors (Lipinski definition) is 5. The van der Waals surface area contributed by atoms with Gasteiger partial charge in [-0.3, -0.25) is 9.36 Å². The van der Waals surface area contributed by atoms with E-state index in [1.54, 1.807) is 13.2 Å². The topological polar surface area (TPSA) is 57.0 Å². The first-order valence-corrected chi connectivity index (χ1v) is 9.11. The summed E-state index contributed by atoms with van der Waals surface area (Å²) in [7, 11) is 1.63. The van der Waals surface area contributed by atoms with E-state index < -0.39 is 0 Å². The number of ketones is 1. The minimum Gasteiger partial charge on any atom is -0.496 e. The van der Waals surface area contributed by atoms with E-state index in [0.717, 1.165) is 11.3 Å². The number of nitrogens with zero attached hydrogens (tertiary/aromatic N) is 3. The summed E-state index contributed by atoms with van der Waals surface area (Å²) in [5.74, 6) is 1.77. The molecule has 26 heavy (non-hydrogen) atoms. The van der Waals surface area contributed by atoms with Gasteiger partial charge in [0.25, 0.3) is 0 Å². The molecular weight excluding hydrogens is 346 g/mol. The molecular formula is C20H19N3O2S. The van der Waals surface area contributed by atoms with E-state index in [4.69, 9.17) is 4.74 Å². The molecule has 3 rings (SSSR count). The van der Waals surface area contributed by atoms with Crippen LogP contribution in [0.25, 0.3) is 11.4 Å². The third-order valence-corrected chi connectivity index (χ3v) is 4.77. The lowest BCUT2D eigenvalue weighted by atomic mass is 10.2. The van der Waals surface area contributed by atoms with Crippen LogP contribution in [0.4, 0.5) is 0 Å². The summed E-state index contributed by atoms with van der Waals surface area (Å²) < 4.78 is 7.37. The fourth-order valence-corrected chi connectivity index (χ4v) is 3.40. The number of thioether (sulfide) groups is 1. The summed E-state index contributed by atoms with van der Waals surface area (Å²) in [5, 5.41) is 9.27. The molecule has 6 heteroatoms. The number of hydrogen-bond donors (Lipinski definition) is 0. The van der Waals surface area contributed by atoms with Gasteiger partial charge < -0.3 is 4.74 Å². The number of allylic oxidation sites excluding steroid dienone is 1. The van der Waals surface area contributed by atoms with Crippen molar-refractivity contribution in [3.05, 3.63) is 72.8 Å². The van der Waals surface area contributed by atoms with Gasteiger partial charge in [-0.25, -0.2) is 0 Å². The van der Waals surface area contributed by atoms with Crippen LogP contribution in [0, 0.1) is 0 Å². The molecule has 2 aromatic carbocycles. The monoisotopic (exact) mass is 365 g/mol. The van der Waals surface area contributed by atoms with E-state index in [-0.39, 0.29) is 5.78 Å². The highest BCUT2D eigenvalue weighted by Crippen LogP contribution is 2.31. The average molecular weight is 365 g/mol. The van der Waals surface area contributed by atoms with Gasteiger partial charge >= 0.3 is 0 Å². The van der Waals surface area contributed by atoms with E-state index in [9.17, 15) is 4.79 Å². The molecule has 5 nitrogen and oxygen atoms in total. The SMILES string of the molecule is C=CCn1c(SCC(=O)c2ccccc2)nnc1-c1ccccc1OC. The zero-order chi connectivity index (χ0) is 18.4. The Morgan fingerprint density at radius 3 is 2.62 bits per heavy atom. The molecule has 132 valence electrons. The van der Waals surface area contributed by atoms with Crippen molar-refractivity contribution in [2.75, 3.05) is 12.9 Å². The normalized spacial score (nSPS) is 10.5. The molecule has 0 saturated heterocycles. The molecule has 0 N–H and O–H groups in total. The van der Waals surface area contributed by atoms with Gasteiger partial charge in [0, 0.05) is 12.1 Å². The Kier molecular flexibility index (Phi) is 5.86. The standard InChI is InChI=1S/C20H19N3O2S/c1-3-13-23-19(16-11-7-8-12-18(16)25-2)21-22-20(23)26-14-17(24)15-9-5-4-6-10-15/h3-12H,1,13-14H2,2H3. The Morgan fingerprint density at radius 1 is 1.15 bits per heavy atom. The van der Waals surface area contributed by atoms with Crippen molar-refractivity contribution in [1.82, 2.24) is 14.8 Å². The zero-order valence-corrected chi connectivity index (χ0v) is 15.3. The fourth-order valence-electron chi connectivity index (χ4n) is 2.56. The third kappa shape index (κ3) is 3.86. The fraction of sp³-hybridized carbons (Fsp3) is 0.150. The van der Waals surface area contributed by atoms with E-state index in [1.165, 1.54) is 11.8 Å². The maximum atomic E-state index is 12.3. The first-order valence-electron chi connectivity index (χ1n) is 8.13. The summed E-state index contributed by atoms with van der Waals surface area (Å²) >= 11 is 1.37. The summed E-state index contributed by atoms with van der Waals surface area (Å²) in [6.07, 6.45) is 1.78. The maximum Gasteiger partial charge on any atom is 0.192 e. The molecule has 0 saturated carbocycles. The van der Waals surface area contributed by atoms with E-state index in [2.05, 4.69) is 16.8 Å². The molecule has 0 bridgehead atoms. The molecule has 1 aromatic heterocycles. The number of rotatable bonds is 8. The highest BCUT2D eigenvalue weighted by atomic mass is 32.2. The maximum absolute atomic E-state index is 12.3. The van der Waals surface area contributed by atoms with Crippen LogP contribution < -0.4 is 4.74 Å². The number of benzene rings is 2. The number of carbonyl (C=O) groups is 1. The number of methoxy groups -OCH3 is 1. The largest absolute Gasteiger partial charge is 0.496 e. The lowest BCUT2D eigenvalue weighted by Gasteiger charge is -2.10. The molecule has 0 aliphatic rings. The van der Waals surface area contributed by atoms with Crippen molar-refractivity contribution >= 4 is 17.5 Å². The average Bonchev–Trinajstić information content (AvgIpc) is 3.09. The number of ether oxygens (including phenoxy) is 1. The van der Waals surface area contributed by atoms with Crippen LogP contribution in [-0.4, -0.2) is 33.4 Å². The zero-order valence-electron chi connectivity index (χ0n) is 14.5. The van der Waals surface area contributed by atoms with Crippen LogP contribution >= 0.6 is 11.8 Å². The van der Waals surface area contributed by atoms with Gasteiger partial charge in [-0.05, 0) is 12.1 Å². The summed E-state index contributed by atoms with van der Waals surface area (Å²) in [5.41, 5.74) is 1.55. The van der Waals surface area contributed by atoms with Crippen molar-refractivity contribution in [2.24, 2.45) is 0 Å². The first-order chi connectivity index (χ1) is 12.7. The van der Waals surface area contributed by atoms with E-state index in [1.807, 2.05) is 59.2 Å². The van der Waals surface area contributed by atoms with Gasteiger partial charge in [-0.1, -0.05) is 60.3 Å². The Morgan fingerprint density at radius 2 is 1.88 bits per heavy atom. The summed E-state index contributed by atoms with van der Waals surface area (Å²) in [6.45, 7) is 4.36. The highest BCUT2D eigenvalue weighted by Gasteiger charge is 2.17. The summed E-state index contributed by atoms with van der Waals surface area (Å²) in [4.78, 5) is 12.3. The Balaban J connectivity index is 1.86. The molecule has 0 spiro atoms. The van der Waals surface area contributed by atoms with Gasteiger partial charge in [0.2, 0.25) is 0 Å². The van der Waals surface area contributed by atoms with Crippen LogP contribution in [0.2, 0.25) is 0 Å². The van der Waals surface area contributed by atoms with Gasteiger partial charge in [-0.2, -0.15) is 0 Å². The van der Waals surface area contributed by atoms with Crippen molar-refractivity contribution in [1.29, 1.82) is 0 Å². The second-order valence-electron chi connectivity index (χ2n) is 5.48. The smallest absolute Gasteiger partial charge is 0.192 e. The van der Waals surface area contributed by atoms with Crippen molar-refractivity contribution in [3.63, 3.8) is 0 Å². The van der Waals surface area contributed by atoms with Gasteiger partial charge in [0.15, 0.2) is 16.8 Å². The number of aromatic nitrogens is 3. The second-order valence-corrected chi connectivity index (χ2v) is 6.43. The molecule has 0 aliphatic heterocycles. The van der Waals surface area contributed by atoms with Gasteiger partial charge in [0.05, 0.1) is 18.4 Å². The molecule has 0 radical (unpaired) electrons. The third-order valence-electron chi connectivity index (χ3n) is 3.80. The van der Waals surface area contributed by atoms with Crippen LogP contribution in [0.15, 0.2) is 72.4 Å². The molecule has 0 unspecified atom stereocenters. The van der Waals surface area contributed by atoms with Crippen LogP contribution in [-0.2, 0) is 6.54 Å². The van der Waals surface area contributed by atoms with Crippen LogP contribution in [0.3, 0.4) is 0 Å². The quantitative estimate of drug-likeness (QED) is 0.341. The predicted octanol–water partition coefficient (Wildman–Crippen LogP) is 4.11. The predicted molar refractivity (Wildman–Crippen MR) is 104 cm³/mol. The number of Topliss-reactive ketones (excluding diaryl/α,β-unsaturated/α-hetero) is 1. The Bertz CT molecular complexity index is 906. The van der Waals surface area contributed by atoms with Crippen molar-refractivity contribution in [3.8, 4) is 17.1 Å². The van der Waals surface area contributed by atoms with E-state index >= 15 is 0 Å². The van der Waals surface area contributed by atoms with Crippen molar-refractivity contribution in [2.45, 2.75) is 11.7 Å². The second kappa shape index (κ2) is 8.49. The number of para-hydroxylation sites is 1. The number of carbonyl (C=O) groups excluding carboxylic acids is 1. The van der Waals surface area contributed by atoms with Gasteiger partial charge in [0.1, 0.15) is 5.75 Å². The minimum atomic E-state index is 0.0580. The van der Waals surface area contributed by atoms with E-state index in [0.29, 0.717) is 28.8 Å².